The average Bonchev–Trinajstić information content (AvgIpc) is 2.93. The molecule has 2 N–H and O–H groups in total. The van der Waals surface area contributed by atoms with Gasteiger partial charge in [-0.05, 0) is 34.9 Å². The first-order chi connectivity index (χ1) is 9.66. The molecule has 4 nitrogen and oxygen atoms in total. The van der Waals surface area contributed by atoms with Crippen molar-refractivity contribution < 1.29 is 19.7 Å². The highest BCUT2D eigenvalue weighted by molar-refractivity contribution is 5.89. The second kappa shape index (κ2) is 4.98. The predicted octanol–water partition coefficient (Wildman–Crippen LogP) is 2.40. The molecule has 1 heterocycles. The number of carboxylic acid groups (broad SMARTS) is 1. The first kappa shape index (κ1) is 12.7. The molecule has 0 fully saturated rings. The van der Waals surface area contributed by atoms with Crippen molar-refractivity contribution in [3.05, 3.63) is 64.7 Å². The van der Waals surface area contributed by atoms with E-state index in [-0.39, 0.29) is 5.56 Å². The standard InChI is InChI=1S/C16H14O4/c17-15(12-3-1-2-4-13(12)16(18)19)11-5-6-14-10(9-11)7-8-20-14/h1-6,9,15,17H,7-8H2,(H,18,19). The summed E-state index contributed by atoms with van der Waals surface area (Å²) in [6, 6.07) is 12.0. The van der Waals surface area contributed by atoms with E-state index in [1.54, 1.807) is 24.3 Å². The number of carbonyl (C=O) groups is 1. The maximum atomic E-state index is 11.2. The van der Waals surface area contributed by atoms with Crippen LogP contribution in [-0.2, 0) is 6.42 Å². The Morgan fingerprint density at radius 2 is 2.00 bits per heavy atom. The van der Waals surface area contributed by atoms with Crippen LogP contribution in [0.2, 0.25) is 0 Å². The third-order valence-corrected chi connectivity index (χ3v) is 3.52. The van der Waals surface area contributed by atoms with Crippen molar-refractivity contribution in [2.24, 2.45) is 0 Å². The van der Waals surface area contributed by atoms with Crippen molar-refractivity contribution in [3.8, 4) is 5.75 Å². The van der Waals surface area contributed by atoms with Gasteiger partial charge in [-0.1, -0.05) is 24.3 Å². The topological polar surface area (TPSA) is 66.8 Å². The van der Waals surface area contributed by atoms with Crippen LogP contribution < -0.4 is 4.74 Å². The van der Waals surface area contributed by atoms with Crippen LogP contribution in [0, 0.1) is 0 Å². The molecule has 102 valence electrons. The molecule has 1 aliphatic rings. The van der Waals surface area contributed by atoms with Crippen LogP contribution in [0.15, 0.2) is 42.5 Å². The number of hydrogen-bond acceptors (Lipinski definition) is 3. The number of hydrogen-bond donors (Lipinski definition) is 2. The molecular formula is C16H14O4. The van der Waals surface area contributed by atoms with Gasteiger partial charge in [-0.2, -0.15) is 0 Å². The van der Waals surface area contributed by atoms with Gasteiger partial charge in [0.15, 0.2) is 0 Å². The van der Waals surface area contributed by atoms with Crippen LogP contribution >= 0.6 is 0 Å². The van der Waals surface area contributed by atoms with E-state index in [1.165, 1.54) is 6.07 Å². The minimum Gasteiger partial charge on any atom is -0.493 e. The lowest BCUT2D eigenvalue weighted by Gasteiger charge is -2.14. The molecule has 2 aromatic rings. The van der Waals surface area contributed by atoms with Crippen LogP contribution in [-0.4, -0.2) is 22.8 Å². The molecule has 0 aromatic heterocycles. The molecule has 1 aliphatic heterocycles. The van der Waals surface area contributed by atoms with Gasteiger partial charge in [0.1, 0.15) is 11.9 Å². The SMILES string of the molecule is O=C(O)c1ccccc1C(O)c1ccc2c(c1)CCO2. The molecule has 0 bridgehead atoms. The van der Waals surface area contributed by atoms with Gasteiger partial charge in [-0.15, -0.1) is 0 Å². The fourth-order valence-corrected chi connectivity index (χ4v) is 2.49. The summed E-state index contributed by atoms with van der Waals surface area (Å²) in [6.45, 7) is 0.653. The van der Waals surface area contributed by atoms with Crippen LogP contribution in [0.4, 0.5) is 0 Å². The number of rotatable bonds is 3. The zero-order valence-electron chi connectivity index (χ0n) is 10.7. The molecule has 3 rings (SSSR count). The van der Waals surface area contributed by atoms with Crippen molar-refractivity contribution in [3.63, 3.8) is 0 Å². The number of ether oxygens (including phenoxy) is 1. The third-order valence-electron chi connectivity index (χ3n) is 3.52. The van der Waals surface area contributed by atoms with E-state index >= 15 is 0 Å². The lowest BCUT2D eigenvalue weighted by atomic mass is 9.95. The predicted molar refractivity (Wildman–Crippen MR) is 73.1 cm³/mol. The molecule has 0 aliphatic carbocycles. The highest BCUT2D eigenvalue weighted by Crippen LogP contribution is 2.31. The Balaban J connectivity index is 2.01. The minimum absolute atomic E-state index is 0.122. The molecule has 0 radical (unpaired) electrons. The van der Waals surface area contributed by atoms with Gasteiger partial charge in [0.2, 0.25) is 0 Å². The fraction of sp³-hybridized carbons (Fsp3) is 0.188. The number of fused-ring (bicyclic) bond motifs is 1. The summed E-state index contributed by atoms with van der Waals surface area (Å²) in [4.78, 5) is 11.2. The number of aliphatic hydroxyl groups excluding tert-OH is 1. The molecule has 0 amide bonds. The summed E-state index contributed by atoms with van der Waals surface area (Å²) >= 11 is 0. The summed E-state index contributed by atoms with van der Waals surface area (Å²) < 4.78 is 5.43. The first-order valence-corrected chi connectivity index (χ1v) is 6.43. The van der Waals surface area contributed by atoms with E-state index in [0.717, 1.165) is 17.7 Å². The molecule has 0 saturated heterocycles. The zero-order chi connectivity index (χ0) is 14.1. The maximum Gasteiger partial charge on any atom is 0.336 e. The summed E-state index contributed by atoms with van der Waals surface area (Å²) in [5, 5.41) is 19.6. The van der Waals surface area contributed by atoms with E-state index in [0.29, 0.717) is 17.7 Å². The Labute approximate surface area is 116 Å². The van der Waals surface area contributed by atoms with Gasteiger partial charge in [0.25, 0.3) is 0 Å². The summed E-state index contributed by atoms with van der Waals surface area (Å²) in [5.41, 5.74) is 2.26. The zero-order valence-corrected chi connectivity index (χ0v) is 10.7. The maximum absolute atomic E-state index is 11.2. The number of aromatic carboxylic acids is 1. The van der Waals surface area contributed by atoms with Gasteiger partial charge in [-0.25, -0.2) is 4.79 Å². The first-order valence-electron chi connectivity index (χ1n) is 6.43. The van der Waals surface area contributed by atoms with E-state index in [2.05, 4.69) is 0 Å². The van der Waals surface area contributed by atoms with E-state index < -0.39 is 12.1 Å². The molecule has 0 saturated carbocycles. The van der Waals surface area contributed by atoms with Gasteiger partial charge < -0.3 is 14.9 Å². The van der Waals surface area contributed by atoms with E-state index in [9.17, 15) is 15.0 Å². The van der Waals surface area contributed by atoms with E-state index in [4.69, 9.17) is 4.74 Å². The normalized spacial score (nSPS) is 14.4. The van der Waals surface area contributed by atoms with Crippen molar-refractivity contribution in [2.75, 3.05) is 6.61 Å². The summed E-state index contributed by atoms with van der Waals surface area (Å²) in [5.74, 6) is -0.198. The van der Waals surface area contributed by atoms with E-state index in [1.807, 2.05) is 12.1 Å². The summed E-state index contributed by atoms with van der Waals surface area (Å²) in [6.07, 6.45) is -0.135. The smallest absolute Gasteiger partial charge is 0.336 e. The molecule has 1 unspecified atom stereocenters. The van der Waals surface area contributed by atoms with Gasteiger partial charge >= 0.3 is 5.97 Å². The Kier molecular flexibility index (Phi) is 3.16. The Morgan fingerprint density at radius 3 is 2.80 bits per heavy atom. The Hall–Kier alpha value is -2.33. The quantitative estimate of drug-likeness (QED) is 0.898. The van der Waals surface area contributed by atoms with Crippen LogP contribution in [0.25, 0.3) is 0 Å². The highest BCUT2D eigenvalue weighted by Gasteiger charge is 2.20. The fourth-order valence-electron chi connectivity index (χ4n) is 2.49. The van der Waals surface area contributed by atoms with Crippen molar-refractivity contribution in [1.82, 2.24) is 0 Å². The second-order valence-corrected chi connectivity index (χ2v) is 4.76. The van der Waals surface area contributed by atoms with Crippen molar-refractivity contribution in [2.45, 2.75) is 12.5 Å². The monoisotopic (exact) mass is 270 g/mol. The minimum atomic E-state index is -1.04. The molecule has 2 aromatic carbocycles. The number of benzene rings is 2. The highest BCUT2D eigenvalue weighted by atomic mass is 16.5. The Bertz CT molecular complexity index is 663. The van der Waals surface area contributed by atoms with Gasteiger partial charge in [0.05, 0.1) is 12.2 Å². The average molecular weight is 270 g/mol. The van der Waals surface area contributed by atoms with Gasteiger partial charge in [-0.3, -0.25) is 0 Å². The van der Waals surface area contributed by atoms with Gasteiger partial charge in [0, 0.05) is 6.42 Å². The molecule has 0 spiro atoms. The molecular weight excluding hydrogens is 256 g/mol. The molecule has 1 atom stereocenters. The van der Waals surface area contributed by atoms with Crippen LogP contribution in [0.3, 0.4) is 0 Å². The third kappa shape index (κ3) is 2.14. The van der Waals surface area contributed by atoms with Crippen LogP contribution in [0.5, 0.6) is 5.75 Å². The number of aliphatic hydroxyl groups is 1. The lowest BCUT2D eigenvalue weighted by molar-refractivity contribution is 0.0691. The lowest BCUT2D eigenvalue weighted by Crippen LogP contribution is -2.08. The second-order valence-electron chi connectivity index (χ2n) is 4.76. The van der Waals surface area contributed by atoms with Crippen molar-refractivity contribution in [1.29, 1.82) is 0 Å². The van der Waals surface area contributed by atoms with Crippen molar-refractivity contribution >= 4 is 5.97 Å². The largest absolute Gasteiger partial charge is 0.493 e. The molecule has 20 heavy (non-hydrogen) atoms. The molecule has 4 heteroatoms. The summed E-state index contributed by atoms with van der Waals surface area (Å²) in [7, 11) is 0. The Morgan fingerprint density at radius 1 is 1.20 bits per heavy atom. The number of carboxylic acids is 1. The van der Waals surface area contributed by atoms with Crippen LogP contribution in [0.1, 0.15) is 33.2 Å².